The number of hydrogen-bond acceptors (Lipinski definition) is 4. The molecule has 0 aliphatic carbocycles. The van der Waals surface area contributed by atoms with E-state index in [0.717, 1.165) is 12.0 Å². The van der Waals surface area contributed by atoms with Crippen LogP contribution in [0.25, 0.3) is 0 Å². The Labute approximate surface area is 117 Å². The summed E-state index contributed by atoms with van der Waals surface area (Å²) in [5, 5.41) is 2.90. The predicted octanol–water partition coefficient (Wildman–Crippen LogP) is 1.50. The summed E-state index contributed by atoms with van der Waals surface area (Å²) in [4.78, 5) is 12.1. The van der Waals surface area contributed by atoms with Gasteiger partial charge in [0, 0.05) is 18.2 Å². The molecule has 2 atom stereocenters. The van der Waals surface area contributed by atoms with Gasteiger partial charge in [0.05, 0.1) is 12.5 Å². The molecule has 104 valence electrons. The predicted molar refractivity (Wildman–Crippen MR) is 74.4 cm³/mol. The van der Waals surface area contributed by atoms with Crippen LogP contribution in [0.3, 0.4) is 0 Å². The summed E-state index contributed by atoms with van der Waals surface area (Å²) in [5.74, 6) is -0.00266. The van der Waals surface area contributed by atoms with E-state index in [0.29, 0.717) is 6.54 Å². The van der Waals surface area contributed by atoms with Crippen LogP contribution in [0.2, 0.25) is 0 Å². The summed E-state index contributed by atoms with van der Waals surface area (Å²) in [7, 11) is 0. The lowest BCUT2D eigenvalue weighted by Crippen LogP contribution is -2.42. The first-order valence-electron chi connectivity index (χ1n) is 6.68. The smallest absolute Gasteiger partial charge is 0.238 e. The molecule has 0 spiro atoms. The van der Waals surface area contributed by atoms with Crippen molar-refractivity contribution in [1.29, 1.82) is 0 Å². The van der Waals surface area contributed by atoms with E-state index in [9.17, 15) is 4.79 Å². The number of furan rings is 1. The number of amides is 1. The molecular formula is C15H17N3O2. The van der Waals surface area contributed by atoms with E-state index in [1.54, 1.807) is 12.5 Å². The largest absolute Gasteiger partial charge is 0.472 e. The SMILES string of the molecule is O=C(NCc1ccoc1)C1CC(c2ccccc2)NN1. The lowest BCUT2D eigenvalue weighted by atomic mass is 10.0. The molecule has 1 aromatic heterocycles. The molecule has 1 aliphatic rings. The van der Waals surface area contributed by atoms with Crippen LogP contribution >= 0.6 is 0 Å². The molecule has 1 amide bonds. The normalized spacial score (nSPS) is 21.8. The zero-order valence-corrected chi connectivity index (χ0v) is 11.0. The highest BCUT2D eigenvalue weighted by Gasteiger charge is 2.29. The Hall–Kier alpha value is -2.11. The summed E-state index contributed by atoms with van der Waals surface area (Å²) in [6.07, 6.45) is 3.97. The molecule has 1 fully saturated rings. The van der Waals surface area contributed by atoms with Gasteiger partial charge < -0.3 is 9.73 Å². The number of benzene rings is 1. The van der Waals surface area contributed by atoms with Crippen molar-refractivity contribution in [2.45, 2.75) is 25.0 Å². The van der Waals surface area contributed by atoms with Crippen molar-refractivity contribution in [1.82, 2.24) is 16.2 Å². The molecule has 1 aliphatic heterocycles. The van der Waals surface area contributed by atoms with Crippen molar-refractivity contribution >= 4 is 5.91 Å². The molecule has 0 bridgehead atoms. The number of hydrogen-bond donors (Lipinski definition) is 3. The minimum absolute atomic E-state index is 0.00266. The van der Waals surface area contributed by atoms with Crippen molar-refractivity contribution < 1.29 is 9.21 Å². The quantitative estimate of drug-likeness (QED) is 0.788. The number of nitrogens with one attached hydrogen (secondary N) is 3. The fourth-order valence-electron chi connectivity index (χ4n) is 2.34. The standard InChI is InChI=1S/C15H17N3O2/c19-15(16-9-11-6-7-20-10-11)14-8-13(17-18-14)12-4-2-1-3-5-12/h1-7,10,13-14,17-18H,8-9H2,(H,16,19). The minimum atomic E-state index is -0.216. The number of hydrazine groups is 1. The average molecular weight is 271 g/mol. The van der Waals surface area contributed by atoms with Crippen LogP contribution in [0.1, 0.15) is 23.6 Å². The van der Waals surface area contributed by atoms with Crippen molar-refractivity contribution in [3.05, 3.63) is 60.1 Å². The van der Waals surface area contributed by atoms with Gasteiger partial charge in [-0.25, -0.2) is 10.9 Å². The Morgan fingerprint density at radius 1 is 1.25 bits per heavy atom. The first kappa shape index (κ1) is 12.9. The summed E-state index contributed by atoms with van der Waals surface area (Å²) in [5.41, 5.74) is 8.36. The molecular weight excluding hydrogens is 254 g/mol. The second-order valence-electron chi connectivity index (χ2n) is 4.89. The Morgan fingerprint density at radius 2 is 2.10 bits per heavy atom. The zero-order valence-electron chi connectivity index (χ0n) is 11.0. The topological polar surface area (TPSA) is 66.3 Å². The Bertz CT molecular complexity index is 554. The molecule has 5 nitrogen and oxygen atoms in total. The average Bonchev–Trinajstić information content (AvgIpc) is 3.17. The van der Waals surface area contributed by atoms with E-state index >= 15 is 0 Å². The third-order valence-electron chi connectivity index (χ3n) is 3.47. The van der Waals surface area contributed by atoms with E-state index in [2.05, 4.69) is 28.3 Å². The molecule has 2 aromatic rings. The van der Waals surface area contributed by atoms with Crippen molar-refractivity contribution in [2.75, 3.05) is 0 Å². The first-order chi connectivity index (χ1) is 9.83. The van der Waals surface area contributed by atoms with Gasteiger partial charge >= 0.3 is 0 Å². The lowest BCUT2D eigenvalue weighted by Gasteiger charge is -2.10. The molecule has 20 heavy (non-hydrogen) atoms. The van der Waals surface area contributed by atoms with E-state index in [1.165, 1.54) is 5.56 Å². The second kappa shape index (κ2) is 5.90. The maximum absolute atomic E-state index is 12.1. The third-order valence-corrected chi connectivity index (χ3v) is 3.47. The van der Waals surface area contributed by atoms with E-state index in [1.807, 2.05) is 24.3 Å². The zero-order chi connectivity index (χ0) is 13.8. The van der Waals surface area contributed by atoms with Gasteiger partial charge in [0.15, 0.2) is 0 Å². The maximum atomic E-state index is 12.1. The number of carbonyl (C=O) groups excluding carboxylic acids is 1. The monoisotopic (exact) mass is 271 g/mol. The summed E-state index contributed by atoms with van der Waals surface area (Å²) < 4.78 is 4.97. The van der Waals surface area contributed by atoms with Gasteiger partial charge in [-0.15, -0.1) is 0 Å². The first-order valence-corrected chi connectivity index (χ1v) is 6.68. The third kappa shape index (κ3) is 2.89. The van der Waals surface area contributed by atoms with E-state index in [-0.39, 0.29) is 18.0 Å². The molecule has 5 heteroatoms. The van der Waals surface area contributed by atoms with E-state index in [4.69, 9.17) is 4.42 Å². The molecule has 3 rings (SSSR count). The summed E-state index contributed by atoms with van der Waals surface area (Å²) >= 11 is 0. The van der Waals surface area contributed by atoms with Gasteiger partial charge in [0.2, 0.25) is 5.91 Å². The molecule has 3 N–H and O–H groups in total. The van der Waals surface area contributed by atoms with Gasteiger partial charge in [0.25, 0.3) is 0 Å². The van der Waals surface area contributed by atoms with Crippen LogP contribution in [0.15, 0.2) is 53.3 Å². The number of carbonyl (C=O) groups is 1. The van der Waals surface area contributed by atoms with Gasteiger partial charge in [-0.1, -0.05) is 30.3 Å². The summed E-state index contributed by atoms with van der Waals surface area (Å²) in [6, 6.07) is 11.9. The van der Waals surface area contributed by atoms with Gasteiger partial charge in [-0.2, -0.15) is 0 Å². The Balaban J connectivity index is 1.53. The van der Waals surface area contributed by atoms with E-state index < -0.39 is 0 Å². The lowest BCUT2D eigenvalue weighted by molar-refractivity contribution is -0.123. The Morgan fingerprint density at radius 3 is 2.85 bits per heavy atom. The van der Waals surface area contributed by atoms with Crippen LogP contribution in [0.5, 0.6) is 0 Å². The number of rotatable bonds is 4. The molecule has 1 saturated heterocycles. The maximum Gasteiger partial charge on any atom is 0.238 e. The fraction of sp³-hybridized carbons (Fsp3) is 0.267. The van der Waals surface area contributed by atoms with Crippen LogP contribution in [0.4, 0.5) is 0 Å². The van der Waals surface area contributed by atoms with Gasteiger partial charge in [-0.05, 0) is 18.1 Å². The van der Waals surface area contributed by atoms with Crippen LogP contribution < -0.4 is 16.2 Å². The van der Waals surface area contributed by atoms with Crippen LogP contribution in [0, 0.1) is 0 Å². The Kier molecular flexibility index (Phi) is 3.80. The fourth-order valence-corrected chi connectivity index (χ4v) is 2.34. The highest BCUT2D eigenvalue weighted by atomic mass is 16.3. The van der Waals surface area contributed by atoms with Crippen LogP contribution in [-0.4, -0.2) is 11.9 Å². The van der Waals surface area contributed by atoms with Gasteiger partial charge in [0.1, 0.15) is 6.04 Å². The van der Waals surface area contributed by atoms with Gasteiger partial charge in [-0.3, -0.25) is 4.79 Å². The van der Waals surface area contributed by atoms with Crippen molar-refractivity contribution in [3.63, 3.8) is 0 Å². The molecule has 1 aromatic carbocycles. The summed E-state index contributed by atoms with van der Waals surface area (Å²) in [6.45, 7) is 0.490. The minimum Gasteiger partial charge on any atom is -0.472 e. The van der Waals surface area contributed by atoms with Crippen molar-refractivity contribution in [2.24, 2.45) is 0 Å². The molecule has 2 heterocycles. The highest BCUT2D eigenvalue weighted by molar-refractivity contribution is 5.82. The molecule has 0 radical (unpaired) electrons. The molecule has 2 unspecified atom stereocenters. The molecule has 0 saturated carbocycles. The highest BCUT2D eigenvalue weighted by Crippen LogP contribution is 2.21. The van der Waals surface area contributed by atoms with Crippen molar-refractivity contribution in [3.8, 4) is 0 Å². The second-order valence-corrected chi connectivity index (χ2v) is 4.89. The van der Waals surface area contributed by atoms with Crippen LogP contribution in [-0.2, 0) is 11.3 Å².